The minimum atomic E-state index is 0.0791. The first-order valence-corrected chi connectivity index (χ1v) is 8.86. The number of ketones is 1. The molecule has 0 unspecified atom stereocenters. The van der Waals surface area contributed by atoms with Gasteiger partial charge in [0.15, 0.2) is 5.78 Å². The molecule has 2 aromatic carbocycles. The van der Waals surface area contributed by atoms with E-state index in [0.29, 0.717) is 0 Å². The first-order chi connectivity index (χ1) is 12.1. The average Bonchev–Trinajstić information content (AvgIpc) is 2.62. The lowest BCUT2D eigenvalue weighted by atomic mass is 9.77. The van der Waals surface area contributed by atoms with Gasteiger partial charge in [0.2, 0.25) is 0 Å². The van der Waals surface area contributed by atoms with E-state index in [4.69, 9.17) is 0 Å². The van der Waals surface area contributed by atoms with Gasteiger partial charge in [-0.05, 0) is 28.7 Å². The number of carbonyl (C=O) groups excluding carboxylic acids is 1. The Morgan fingerprint density at radius 1 is 0.840 bits per heavy atom. The Morgan fingerprint density at radius 2 is 1.36 bits per heavy atom. The highest BCUT2D eigenvalue weighted by molar-refractivity contribution is 6.13. The van der Waals surface area contributed by atoms with E-state index in [1.54, 1.807) is 0 Å². The van der Waals surface area contributed by atoms with Crippen molar-refractivity contribution in [3.63, 3.8) is 0 Å². The van der Waals surface area contributed by atoms with Gasteiger partial charge in [0, 0.05) is 17.1 Å². The maximum Gasteiger partial charge on any atom is 0.185 e. The fraction of sp³-hybridized carbons (Fsp3) is 0.208. The number of hydrogen-bond acceptors (Lipinski definition) is 1. The fourth-order valence-corrected chi connectivity index (χ4v) is 3.17. The maximum atomic E-state index is 13.0. The molecule has 0 saturated carbocycles. The van der Waals surface area contributed by atoms with E-state index in [0.717, 1.165) is 22.3 Å². The number of carbonyl (C=O) groups is 1. The Morgan fingerprint density at radius 3 is 1.88 bits per heavy atom. The highest BCUT2D eigenvalue weighted by Crippen LogP contribution is 2.35. The zero-order chi connectivity index (χ0) is 17.8. The summed E-state index contributed by atoms with van der Waals surface area (Å²) in [6.45, 7) is 6.29. The van der Waals surface area contributed by atoms with Gasteiger partial charge in [-0.3, -0.25) is 4.79 Å². The van der Waals surface area contributed by atoms with Crippen molar-refractivity contribution in [1.82, 2.24) is 0 Å². The van der Waals surface area contributed by atoms with Gasteiger partial charge in [-0.2, -0.15) is 0 Å². The van der Waals surface area contributed by atoms with Gasteiger partial charge in [-0.15, -0.1) is 0 Å². The van der Waals surface area contributed by atoms with Crippen LogP contribution in [-0.2, 0) is 4.79 Å². The van der Waals surface area contributed by atoms with Crippen LogP contribution in [0, 0.1) is 11.8 Å². The van der Waals surface area contributed by atoms with Crippen LogP contribution in [-0.4, -0.2) is 5.78 Å². The van der Waals surface area contributed by atoms with Crippen molar-refractivity contribution in [3.8, 4) is 0 Å². The third-order valence-corrected chi connectivity index (χ3v) is 4.69. The summed E-state index contributed by atoms with van der Waals surface area (Å²) in [5, 5.41) is 0. The average molecular weight is 328 g/mol. The minimum absolute atomic E-state index is 0.0791. The van der Waals surface area contributed by atoms with Crippen molar-refractivity contribution in [2.75, 3.05) is 0 Å². The molecule has 1 atom stereocenters. The molecule has 0 saturated heterocycles. The van der Waals surface area contributed by atoms with E-state index in [1.165, 1.54) is 5.57 Å². The highest BCUT2D eigenvalue weighted by atomic mass is 16.1. The van der Waals surface area contributed by atoms with E-state index in [-0.39, 0.29) is 17.6 Å². The zero-order valence-corrected chi connectivity index (χ0v) is 15.1. The molecular formula is C24H24O. The number of benzene rings is 2. The Balaban J connectivity index is 2.09. The molecule has 126 valence electrons. The SMILES string of the molecule is CC(C)C1=C/C(=C/c2ccccc2)[C@@H](C)/C(=C/c2ccccc2)C1=O. The molecule has 2 aromatic rings. The lowest BCUT2D eigenvalue weighted by Gasteiger charge is -2.26. The zero-order valence-electron chi connectivity index (χ0n) is 15.1. The standard InChI is InChI=1S/C24H24O/c1-17(2)22-16-21(14-19-10-6-4-7-11-19)18(3)23(24(22)25)15-20-12-8-5-9-13-20/h4-18H,1-3H3/b21-14-,23-15-/t18-/m1/s1. The second-order valence-corrected chi connectivity index (χ2v) is 6.87. The van der Waals surface area contributed by atoms with Gasteiger partial charge >= 0.3 is 0 Å². The highest BCUT2D eigenvalue weighted by Gasteiger charge is 2.29. The first kappa shape index (κ1) is 17.2. The summed E-state index contributed by atoms with van der Waals surface area (Å²) in [5.74, 6) is 0.463. The van der Waals surface area contributed by atoms with Crippen molar-refractivity contribution in [3.05, 3.63) is 94.6 Å². The Labute approximate surface area is 150 Å². The molecule has 3 rings (SSSR count). The van der Waals surface area contributed by atoms with Crippen molar-refractivity contribution in [1.29, 1.82) is 0 Å². The molecule has 1 aliphatic rings. The number of allylic oxidation sites excluding steroid dienone is 4. The van der Waals surface area contributed by atoms with E-state index in [2.05, 4.69) is 45.1 Å². The third kappa shape index (κ3) is 3.88. The van der Waals surface area contributed by atoms with Crippen molar-refractivity contribution in [2.24, 2.45) is 11.8 Å². The van der Waals surface area contributed by atoms with Crippen LogP contribution < -0.4 is 0 Å². The molecule has 0 radical (unpaired) electrons. The lowest BCUT2D eigenvalue weighted by molar-refractivity contribution is -0.113. The Hall–Kier alpha value is -2.67. The summed E-state index contributed by atoms with van der Waals surface area (Å²) < 4.78 is 0. The molecule has 0 heterocycles. The lowest BCUT2D eigenvalue weighted by Crippen LogP contribution is -2.22. The molecule has 0 amide bonds. The third-order valence-electron chi connectivity index (χ3n) is 4.69. The second-order valence-electron chi connectivity index (χ2n) is 6.87. The summed E-state index contributed by atoms with van der Waals surface area (Å²) in [4.78, 5) is 13.0. The quantitative estimate of drug-likeness (QED) is 0.636. The molecule has 0 spiro atoms. The molecule has 0 fully saturated rings. The smallest absolute Gasteiger partial charge is 0.185 e. The van der Waals surface area contributed by atoms with Crippen LogP contribution in [0.5, 0.6) is 0 Å². The minimum Gasteiger partial charge on any atom is -0.289 e. The molecule has 1 aliphatic carbocycles. The molecule has 0 bridgehead atoms. The summed E-state index contributed by atoms with van der Waals surface area (Å²) in [5.41, 5.74) is 5.19. The van der Waals surface area contributed by atoms with Crippen LogP contribution in [0.3, 0.4) is 0 Å². The Bertz CT molecular complexity index is 836. The van der Waals surface area contributed by atoms with E-state index < -0.39 is 0 Å². The van der Waals surface area contributed by atoms with Gasteiger partial charge in [-0.1, -0.05) is 93.6 Å². The molecular weight excluding hydrogens is 304 g/mol. The molecule has 1 heteroatoms. The predicted molar refractivity (Wildman–Crippen MR) is 106 cm³/mol. The van der Waals surface area contributed by atoms with Gasteiger partial charge in [0.1, 0.15) is 0 Å². The summed E-state index contributed by atoms with van der Waals surface area (Å²) in [6, 6.07) is 20.4. The first-order valence-electron chi connectivity index (χ1n) is 8.86. The molecule has 1 nitrogen and oxygen atoms in total. The number of Topliss-reactive ketones (excluding diaryl/α,β-unsaturated/α-hetero) is 1. The monoisotopic (exact) mass is 328 g/mol. The number of rotatable bonds is 3. The van der Waals surface area contributed by atoms with Gasteiger partial charge < -0.3 is 0 Å². The van der Waals surface area contributed by atoms with Crippen molar-refractivity contribution in [2.45, 2.75) is 20.8 Å². The van der Waals surface area contributed by atoms with Crippen LogP contribution in [0.4, 0.5) is 0 Å². The summed E-state index contributed by atoms with van der Waals surface area (Å²) in [6.07, 6.45) is 6.33. The summed E-state index contributed by atoms with van der Waals surface area (Å²) >= 11 is 0. The van der Waals surface area contributed by atoms with E-state index >= 15 is 0 Å². The van der Waals surface area contributed by atoms with Crippen LogP contribution in [0.15, 0.2) is 83.5 Å². The molecule has 25 heavy (non-hydrogen) atoms. The summed E-state index contributed by atoms with van der Waals surface area (Å²) in [7, 11) is 0. The largest absolute Gasteiger partial charge is 0.289 e. The van der Waals surface area contributed by atoms with Crippen molar-refractivity contribution < 1.29 is 4.79 Å². The fourth-order valence-electron chi connectivity index (χ4n) is 3.17. The van der Waals surface area contributed by atoms with E-state index in [9.17, 15) is 4.79 Å². The predicted octanol–water partition coefficient (Wildman–Crippen LogP) is 5.95. The van der Waals surface area contributed by atoms with Crippen LogP contribution in [0.2, 0.25) is 0 Å². The molecule has 0 N–H and O–H groups in total. The van der Waals surface area contributed by atoms with Crippen LogP contribution in [0.25, 0.3) is 12.2 Å². The Kier molecular flexibility index (Phi) is 5.14. The van der Waals surface area contributed by atoms with Crippen LogP contribution >= 0.6 is 0 Å². The molecule has 0 aromatic heterocycles. The normalized spacial score (nSPS) is 21.0. The van der Waals surface area contributed by atoms with Gasteiger partial charge in [0.25, 0.3) is 0 Å². The second kappa shape index (κ2) is 7.48. The van der Waals surface area contributed by atoms with Gasteiger partial charge in [0.05, 0.1) is 0 Å². The van der Waals surface area contributed by atoms with Crippen LogP contribution in [0.1, 0.15) is 31.9 Å². The number of hydrogen-bond donors (Lipinski definition) is 0. The van der Waals surface area contributed by atoms with Gasteiger partial charge in [-0.25, -0.2) is 0 Å². The maximum absolute atomic E-state index is 13.0. The topological polar surface area (TPSA) is 17.1 Å². The van der Waals surface area contributed by atoms with E-state index in [1.807, 2.05) is 54.6 Å². The molecule has 0 aliphatic heterocycles. The van der Waals surface area contributed by atoms with Crippen molar-refractivity contribution >= 4 is 17.9 Å².